The maximum atomic E-state index is 4.15. The van der Waals surface area contributed by atoms with Gasteiger partial charge in [-0.05, 0) is 42.2 Å². The zero-order chi connectivity index (χ0) is 18.2. The van der Waals surface area contributed by atoms with Gasteiger partial charge in [-0.2, -0.15) is 0 Å². The number of thioether (sulfide) groups is 1. The molecule has 3 aromatic carbocycles. The van der Waals surface area contributed by atoms with Crippen LogP contribution in [-0.2, 0) is 0 Å². The van der Waals surface area contributed by atoms with Crippen LogP contribution in [-0.4, -0.2) is 5.25 Å². The Balaban J connectivity index is 2.00. The lowest BCUT2D eigenvalue weighted by atomic mass is 9.96. The molecule has 1 heteroatoms. The minimum absolute atomic E-state index is 0.338. The Morgan fingerprint density at radius 1 is 0.808 bits per heavy atom. The first-order valence-corrected chi connectivity index (χ1v) is 9.79. The van der Waals surface area contributed by atoms with Gasteiger partial charge in [-0.1, -0.05) is 90.5 Å². The van der Waals surface area contributed by atoms with E-state index in [0.717, 1.165) is 6.42 Å². The van der Waals surface area contributed by atoms with Crippen LogP contribution in [0.2, 0.25) is 0 Å². The molecule has 1 atom stereocenters. The van der Waals surface area contributed by atoms with E-state index in [1.165, 1.54) is 27.2 Å². The molecule has 0 bridgehead atoms. The van der Waals surface area contributed by atoms with E-state index in [2.05, 4.69) is 111 Å². The van der Waals surface area contributed by atoms with E-state index >= 15 is 0 Å². The van der Waals surface area contributed by atoms with Crippen LogP contribution in [0.3, 0.4) is 0 Å². The molecule has 3 aromatic rings. The molecular weight excluding hydrogens is 332 g/mol. The minimum Gasteiger partial charge on any atom is -0.118 e. The molecule has 0 amide bonds. The average Bonchev–Trinajstić information content (AvgIpc) is 2.68. The van der Waals surface area contributed by atoms with E-state index in [0.29, 0.717) is 5.25 Å². The van der Waals surface area contributed by atoms with Crippen molar-refractivity contribution in [1.82, 2.24) is 0 Å². The molecule has 0 saturated heterocycles. The Morgan fingerprint density at radius 3 is 1.73 bits per heavy atom. The highest BCUT2D eigenvalue weighted by molar-refractivity contribution is 8.00. The number of hydrogen-bond donors (Lipinski definition) is 0. The summed E-state index contributed by atoms with van der Waals surface area (Å²) in [5, 5.41) is 0.338. The van der Waals surface area contributed by atoms with Gasteiger partial charge in [0.1, 0.15) is 0 Å². The fourth-order valence-electron chi connectivity index (χ4n) is 2.93. The van der Waals surface area contributed by atoms with Crippen molar-refractivity contribution in [3.63, 3.8) is 0 Å². The molecule has 0 heterocycles. The monoisotopic (exact) mass is 356 g/mol. The third-order valence-electron chi connectivity index (χ3n) is 4.10. The van der Waals surface area contributed by atoms with Gasteiger partial charge in [-0.3, -0.25) is 0 Å². The number of allylic oxidation sites excluding steroid dienone is 1. The highest BCUT2D eigenvalue weighted by atomic mass is 32.2. The highest BCUT2D eigenvalue weighted by Gasteiger charge is 2.12. The fourth-order valence-corrected chi connectivity index (χ4v) is 4.17. The lowest BCUT2D eigenvalue weighted by Gasteiger charge is -2.17. The Hall–Kier alpha value is -2.51. The third-order valence-corrected chi connectivity index (χ3v) is 5.25. The topological polar surface area (TPSA) is 0 Å². The van der Waals surface area contributed by atoms with Crippen molar-refractivity contribution < 1.29 is 0 Å². The number of benzene rings is 3. The van der Waals surface area contributed by atoms with E-state index in [-0.39, 0.29) is 0 Å². The average molecular weight is 357 g/mol. The maximum absolute atomic E-state index is 4.15. The molecule has 0 aromatic heterocycles. The molecule has 0 aliphatic heterocycles. The molecule has 0 N–H and O–H groups in total. The van der Waals surface area contributed by atoms with Crippen molar-refractivity contribution in [2.24, 2.45) is 0 Å². The van der Waals surface area contributed by atoms with Gasteiger partial charge in [0.2, 0.25) is 0 Å². The summed E-state index contributed by atoms with van der Waals surface area (Å²) < 4.78 is 0. The molecule has 0 fully saturated rings. The first kappa shape index (κ1) is 18.3. The summed E-state index contributed by atoms with van der Waals surface area (Å²) in [6, 6.07) is 31.9. The summed E-state index contributed by atoms with van der Waals surface area (Å²) in [6.07, 6.45) is 3.36. The molecule has 0 unspecified atom stereocenters. The van der Waals surface area contributed by atoms with Crippen molar-refractivity contribution in [2.75, 3.05) is 0 Å². The molecule has 0 saturated carbocycles. The van der Waals surface area contributed by atoms with Crippen LogP contribution in [0.1, 0.15) is 24.5 Å². The minimum atomic E-state index is 0.338. The Bertz CT molecular complexity index is 807. The summed E-state index contributed by atoms with van der Waals surface area (Å²) in [5.74, 6) is 0. The number of rotatable bonds is 7. The van der Waals surface area contributed by atoms with E-state index in [4.69, 9.17) is 0 Å². The second-order valence-corrected chi connectivity index (χ2v) is 7.76. The molecule has 0 radical (unpaired) electrons. The van der Waals surface area contributed by atoms with Gasteiger partial charge in [0, 0.05) is 10.1 Å². The highest BCUT2D eigenvalue weighted by Crippen LogP contribution is 2.32. The van der Waals surface area contributed by atoms with Crippen LogP contribution in [0, 0.1) is 0 Å². The van der Waals surface area contributed by atoms with Crippen LogP contribution < -0.4 is 0 Å². The molecule has 26 heavy (non-hydrogen) atoms. The van der Waals surface area contributed by atoms with Gasteiger partial charge in [-0.15, -0.1) is 18.3 Å². The second kappa shape index (κ2) is 9.26. The number of hydrogen-bond acceptors (Lipinski definition) is 1. The lowest BCUT2D eigenvalue weighted by Crippen LogP contribution is -2.02. The summed E-state index contributed by atoms with van der Waals surface area (Å²) in [6.45, 7) is 6.25. The Labute approximate surface area is 161 Å². The molecule has 0 aliphatic carbocycles. The van der Waals surface area contributed by atoms with Gasteiger partial charge in [0.25, 0.3) is 0 Å². The maximum Gasteiger partial charge on any atom is 0.0320 e. The normalized spacial score (nSPS) is 11.6. The molecule has 130 valence electrons. The van der Waals surface area contributed by atoms with Crippen LogP contribution in [0.25, 0.3) is 5.57 Å². The van der Waals surface area contributed by atoms with Crippen LogP contribution in [0.15, 0.2) is 114 Å². The Morgan fingerprint density at radius 2 is 1.27 bits per heavy atom. The Kier molecular flexibility index (Phi) is 6.51. The lowest BCUT2D eigenvalue weighted by molar-refractivity contribution is 1.00. The third kappa shape index (κ3) is 5.24. The van der Waals surface area contributed by atoms with Crippen LogP contribution >= 0.6 is 11.8 Å². The van der Waals surface area contributed by atoms with Gasteiger partial charge < -0.3 is 0 Å². The van der Waals surface area contributed by atoms with Crippen LogP contribution in [0.5, 0.6) is 0 Å². The van der Waals surface area contributed by atoms with Gasteiger partial charge in [-0.25, -0.2) is 0 Å². The SMILES string of the molecule is C=C(C)C[C@H](C=C(c1ccccc1)c1ccccc1)Sc1ccccc1. The predicted molar refractivity (Wildman–Crippen MR) is 115 cm³/mol. The molecular formula is C25H24S. The van der Waals surface area contributed by atoms with E-state index < -0.39 is 0 Å². The first-order chi connectivity index (χ1) is 12.7. The summed E-state index contributed by atoms with van der Waals surface area (Å²) in [5.41, 5.74) is 4.98. The molecule has 3 rings (SSSR count). The summed E-state index contributed by atoms with van der Waals surface area (Å²) in [7, 11) is 0. The first-order valence-electron chi connectivity index (χ1n) is 8.91. The smallest absolute Gasteiger partial charge is 0.0320 e. The van der Waals surface area contributed by atoms with E-state index in [1.54, 1.807) is 0 Å². The quantitative estimate of drug-likeness (QED) is 0.317. The largest absolute Gasteiger partial charge is 0.118 e. The summed E-state index contributed by atoms with van der Waals surface area (Å²) in [4.78, 5) is 1.29. The standard InChI is InChI=1S/C25H24S/c1-20(2)18-24(26-23-16-10-5-11-17-23)19-25(21-12-6-3-7-13-21)22-14-8-4-9-15-22/h3-17,19,24H,1,18H2,2H3/t24-/m1/s1. The van der Waals surface area contributed by atoms with Crippen molar-refractivity contribution >= 4 is 17.3 Å². The molecule has 0 spiro atoms. The zero-order valence-corrected chi connectivity index (χ0v) is 16.0. The van der Waals surface area contributed by atoms with E-state index in [1.807, 2.05) is 11.8 Å². The van der Waals surface area contributed by atoms with Crippen molar-refractivity contribution in [1.29, 1.82) is 0 Å². The fraction of sp³-hybridized carbons (Fsp3) is 0.120. The van der Waals surface area contributed by atoms with Gasteiger partial charge in [0.05, 0.1) is 0 Å². The van der Waals surface area contributed by atoms with Crippen molar-refractivity contribution in [3.8, 4) is 0 Å². The van der Waals surface area contributed by atoms with Gasteiger partial charge in [0.15, 0.2) is 0 Å². The van der Waals surface area contributed by atoms with Gasteiger partial charge >= 0.3 is 0 Å². The second-order valence-electron chi connectivity index (χ2n) is 6.44. The van der Waals surface area contributed by atoms with E-state index in [9.17, 15) is 0 Å². The zero-order valence-electron chi connectivity index (χ0n) is 15.1. The van der Waals surface area contributed by atoms with Crippen LogP contribution in [0.4, 0.5) is 0 Å². The van der Waals surface area contributed by atoms with Crippen molar-refractivity contribution in [3.05, 3.63) is 120 Å². The molecule has 0 nitrogen and oxygen atoms in total. The summed E-state index contributed by atoms with van der Waals surface area (Å²) >= 11 is 1.90. The molecule has 0 aliphatic rings. The van der Waals surface area contributed by atoms with Crippen molar-refractivity contribution in [2.45, 2.75) is 23.5 Å². The predicted octanol–water partition coefficient (Wildman–Crippen LogP) is 7.25.